The van der Waals surface area contributed by atoms with E-state index in [0.29, 0.717) is 6.42 Å². The molecule has 0 bridgehead atoms. The van der Waals surface area contributed by atoms with E-state index in [1.54, 1.807) is 0 Å². The summed E-state index contributed by atoms with van der Waals surface area (Å²) < 4.78 is 14.6. The summed E-state index contributed by atoms with van der Waals surface area (Å²) in [5.74, 6) is -0.419. The predicted octanol–water partition coefficient (Wildman–Crippen LogP) is -1.37. The van der Waals surface area contributed by atoms with Crippen LogP contribution in [0.1, 0.15) is 39.0 Å². The van der Waals surface area contributed by atoms with Gasteiger partial charge in [-0.2, -0.15) is 0 Å². The van der Waals surface area contributed by atoms with Crippen molar-refractivity contribution in [3.05, 3.63) is 0 Å². The fraction of sp³-hybridized carbons (Fsp3) is 0.923. The molecule has 0 aliphatic carbocycles. The summed E-state index contributed by atoms with van der Waals surface area (Å²) in [4.78, 5) is 28.8. The van der Waals surface area contributed by atoms with E-state index in [1.807, 2.05) is 6.92 Å². The largest absolute Gasteiger partial charge is 0.469 e. The molecule has 0 spiro atoms. The summed E-state index contributed by atoms with van der Waals surface area (Å²) in [5, 5.41) is 40.8. The van der Waals surface area contributed by atoms with E-state index in [2.05, 4.69) is 9.84 Å². The van der Waals surface area contributed by atoms with Gasteiger partial charge in [-0.1, -0.05) is 26.2 Å². The van der Waals surface area contributed by atoms with Crippen molar-refractivity contribution in [1.29, 1.82) is 0 Å². The Kier molecular flexibility index (Phi) is 11.6. The zero-order valence-electron chi connectivity index (χ0n) is 13.6. The van der Waals surface area contributed by atoms with Gasteiger partial charge >= 0.3 is 7.82 Å². The van der Waals surface area contributed by atoms with E-state index in [0.717, 1.165) is 19.3 Å². The van der Waals surface area contributed by atoms with Crippen LogP contribution in [0.5, 0.6) is 0 Å². The molecule has 144 valence electrons. The van der Waals surface area contributed by atoms with Crippen LogP contribution in [0.2, 0.25) is 0 Å². The van der Waals surface area contributed by atoms with E-state index in [4.69, 9.17) is 9.79 Å². The van der Waals surface area contributed by atoms with Crippen LogP contribution >= 0.6 is 7.82 Å². The Bertz CT molecular complexity index is 403. The van der Waals surface area contributed by atoms with Crippen molar-refractivity contribution in [3.8, 4) is 0 Å². The summed E-state index contributed by atoms with van der Waals surface area (Å²) in [5.41, 5.74) is 0. The first kappa shape index (κ1) is 23.4. The molecule has 7 N–H and O–H groups in total. The topological polar surface area (TPSA) is 177 Å². The molecule has 0 aromatic carbocycles. The number of phosphoric acid groups is 1. The minimum Gasteiger partial charge on any atom is -0.394 e. The molecule has 10 nitrogen and oxygen atoms in total. The van der Waals surface area contributed by atoms with Gasteiger partial charge in [0, 0.05) is 6.42 Å². The first-order valence-electron chi connectivity index (χ1n) is 7.76. The van der Waals surface area contributed by atoms with Gasteiger partial charge in [0.25, 0.3) is 0 Å². The van der Waals surface area contributed by atoms with Gasteiger partial charge in [0.05, 0.1) is 19.3 Å². The lowest BCUT2D eigenvalue weighted by atomic mass is 10.0. The molecular formula is C13H28NO9P. The minimum atomic E-state index is -4.83. The molecule has 0 unspecified atom stereocenters. The molecule has 24 heavy (non-hydrogen) atoms. The van der Waals surface area contributed by atoms with Gasteiger partial charge in [-0.3, -0.25) is 9.32 Å². The monoisotopic (exact) mass is 373 g/mol. The van der Waals surface area contributed by atoms with Gasteiger partial charge in [-0.05, 0) is 6.42 Å². The molecule has 0 saturated heterocycles. The maximum absolute atomic E-state index is 11.7. The molecular weight excluding hydrogens is 345 g/mol. The molecule has 1 amide bonds. The molecule has 0 aliphatic heterocycles. The number of unbranched alkanes of at least 4 members (excludes halogenated alkanes) is 3. The smallest absolute Gasteiger partial charge is 0.394 e. The Morgan fingerprint density at radius 3 is 2.25 bits per heavy atom. The van der Waals surface area contributed by atoms with Gasteiger partial charge in [-0.25, -0.2) is 4.57 Å². The average molecular weight is 373 g/mol. The first-order valence-corrected chi connectivity index (χ1v) is 9.29. The average Bonchev–Trinajstić information content (AvgIpc) is 2.52. The quantitative estimate of drug-likeness (QED) is 0.151. The number of rotatable bonds is 13. The normalized spacial score (nSPS) is 17.1. The highest BCUT2D eigenvalue weighted by molar-refractivity contribution is 7.46. The van der Waals surface area contributed by atoms with Crippen molar-refractivity contribution >= 4 is 13.7 Å². The zero-order chi connectivity index (χ0) is 18.8. The number of amides is 1. The molecule has 4 atom stereocenters. The summed E-state index contributed by atoms with van der Waals surface area (Å²) in [7, 11) is -4.83. The van der Waals surface area contributed by atoms with Gasteiger partial charge in [0.1, 0.15) is 18.3 Å². The summed E-state index contributed by atoms with van der Waals surface area (Å²) >= 11 is 0. The van der Waals surface area contributed by atoms with Gasteiger partial charge in [-0.15, -0.1) is 0 Å². The molecule has 0 heterocycles. The number of hydrogen-bond acceptors (Lipinski definition) is 7. The third kappa shape index (κ3) is 10.3. The highest BCUT2D eigenvalue weighted by Crippen LogP contribution is 2.35. The van der Waals surface area contributed by atoms with E-state index >= 15 is 0 Å². The number of hydrogen-bond donors (Lipinski definition) is 7. The van der Waals surface area contributed by atoms with Crippen molar-refractivity contribution in [2.24, 2.45) is 0 Å². The van der Waals surface area contributed by atoms with Crippen LogP contribution in [0.15, 0.2) is 0 Å². The number of nitrogens with one attached hydrogen (secondary N) is 1. The van der Waals surface area contributed by atoms with Gasteiger partial charge in [0.15, 0.2) is 0 Å². The number of aliphatic hydroxyl groups excluding tert-OH is 4. The SMILES string of the molecule is CCCCCCC(=O)N[C@@H](CO)[C@@H](O)[C@H](O)[C@H](O)COP(=O)(O)O. The fourth-order valence-electron chi connectivity index (χ4n) is 1.97. The van der Waals surface area contributed by atoms with E-state index in [9.17, 15) is 29.8 Å². The molecule has 11 heteroatoms. The van der Waals surface area contributed by atoms with Crippen LogP contribution in [0.4, 0.5) is 0 Å². The summed E-state index contributed by atoms with van der Waals surface area (Å²) in [6.45, 7) is 0.414. The van der Waals surface area contributed by atoms with Crippen LogP contribution in [-0.2, 0) is 13.9 Å². The molecule has 0 aromatic heterocycles. The molecule has 0 saturated carbocycles. The molecule has 0 fully saturated rings. The Morgan fingerprint density at radius 2 is 1.75 bits per heavy atom. The molecule has 0 aliphatic rings. The van der Waals surface area contributed by atoms with Crippen molar-refractivity contribution in [1.82, 2.24) is 5.32 Å². The lowest BCUT2D eigenvalue weighted by Crippen LogP contribution is -2.54. The first-order chi connectivity index (χ1) is 11.1. The minimum absolute atomic E-state index is 0.198. The highest BCUT2D eigenvalue weighted by Gasteiger charge is 2.33. The third-order valence-corrected chi connectivity index (χ3v) is 3.86. The summed E-state index contributed by atoms with van der Waals surface area (Å²) in [6.07, 6.45) is -1.72. The van der Waals surface area contributed by atoms with E-state index < -0.39 is 51.3 Å². The van der Waals surface area contributed by atoms with Crippen LogP contribution in [0.3, 0.4) is 0 Å². The third-order valence-electron chi connectivity index (χ3n) is 3.37. The van der Waals surface area contributed by atoms with Gasteiger partial charge in [0.2, 0.25) is 5.91 Å². The Balaban J connectivity index is 4.41. The summed E-state index contributed by atoms with van der Waals surface area (Å²) in [6, 6.07) is -1.23. The van der Waals surface area contributed by atoms with Crippen LogP contribution in [0.25, 0.3) is 0 Å². The number of carbonyl (C=O) groups is 1. The predicted molar refractivity (Wildman–Crippen MR) is 83.8 cm³/mol. The highest BCUT2D eigenvalue weighted by atomic mass is 31.2. The van der Waals surface area contributed by atoms with Crippen molar-refractivity contribution in [2.75, 3.05) is 13.2 Å². The van der Waals surface area contributed by atoms with E-state index in [-0.39, 0.29) is 6.42 Å². The fourth-order valence-corrected chi connectivity index (χ4v) is 2.31. The second kappa shape index (κ2) is 11.9. The lowest BCUT2D eigenvalue weighted by molar-refractivity contribution is -0.126. The second-order valence-corrected chi connectivity index (χ2v) is 6.74. The Hall–Kier alpha value is -0.580. The number of aliphatic hydroxyl groups is 4. The second-order valence-electron chi connectivity index (χ2n) is 5.50. The maximum atomic E-state index is 11.7. The standard InChI is InChI=1S/C13H28NO9P/c1-2-3-4-5-6-11(17)14-9(7-15)12(18)13(19)10(16)8-23-24(20,21)22/h9-10,12-13,15-16,18-19H,2-8H2,1H3,(H,14,17)(H2,20,21,22)/t9-,10+,12+,13+/m0/s1. The van der Waals surface area contributed by atoms with E-state index in [1.165, 1.54) is 0 Å². The number of carbonyl (C=O) groups excluding carboxylic acids is 1. The van der Waals surface area contributed by atoms with Crippen molar-refractivity contribution in [2.45, 2.75) is 63.4 Å². The molecule has 0 radical (unpaired) electrons. The Morgan fingerprint density at radius 1 is 1.12 bits per heavy atom. The van der Waals surface area contributed by atoms with Crippen molar-refractivity contribution < 1.29 is 44.1 Å². The molecule has 0 aromatic rings. The molecule has 0 rings (SSSR count). The van der Waals surface area contributed by atoms with Crippen molar-refractivity contribution in [3.63, 3.8) is 0 Å². The Labute approximate surface area is 140 Å². The van der Waals surface area contributed by atoms with Gasteiger partial charge < -0.3 is 35.5 Å². The number of phosphoric ester groups is 1. The van der Waals surface area contributed by atoms with Crippen LogP contribution in [0, 0.1) is 0 Å². The lowest BCUT2D eigenvalue weighted by Gasteiger charge is -2.29. The van der Waals surface area contributed by atoms with Crippen LogP contribution < -0.4 is 5.32 Å². The maximum Gasteiger partial charge on any atom is 0.469 e. The zero-order valence-corrected chi connectivity index (χ0v) is 14.5. The van der Waals surface area contributed by atoms with Crippen LogP contribution in [-0.4, -0.2) is 73.7 Å².